The smallest absolute Gasteiger partial charge is 0.133 e. The minimum Gasteiger partial charge on any atom is -0.453 e. The fourth-order valence-corrected chi connectivity index (χ4v) is 2.72. The fourth-order valence-electron chi connectivity index (χ4n) is 1.70. The highest BCUT2D eigenvalue weighted by Gasteiger charge is 2.15. The van der Waals surface area contributed by atoms with Crippen LogP contribution >= 0.6 is 34.7 Å². The Labute approximate surface area is 123 Å². The van der Waals surface area contributed by atoms with Crippen molar-refractivity contribution in [3.05, 3.63) is 62.0 Å². The van der Waals surface area contributed by atoms with E-state index in [-0.39, 0.29) is 5.96 Å². The van der Waals surface area contributed by atoms with Gasteiger partial charge in [0.1, 0.15) is 10.0 Å². The molecular formula is C12H7Cl2N4S-. The zero-order chi connectivity index (χ0) is 13.4. The summed E-state index contributed by atoms with van der Waals surface area (Å²) >= 11 is 13.1. The molecule has 3 rings (SSSR count). The van der Waals surface area contributed by atoms with E-state index in [0.717, 1.165) is 22.8 Å². The minimum absolute atomic E-state index is 0.175. The summed E-state index contributed by atoms with van der Waals surface area (Å²) in [4.78, 5) is 4.16. The molecule has 4 nitrogen and oxygen atoms in total. The molecule has 96 valence electrons. The first-order chi connectivity index (χ1) is 9.15. The van der Waals surface area contributed by atoms with Gasteiger partial charge in [-0.25, -0.2) is 0 Å². The van der Waals surface area contributed by atoms with Gasteiger partial charge >= 0.3 is 0 Å². The molecule has 0 radical (unpaired) electrons. The maximum absolute atomic E-state index is 6.09. The zero-order valence-electron chi connectivity index (χ0n) is 9.47. The average molecular weight is 310 g/mol. The topological polar surface area (TPSA) is 65.4 Å². The first kappa shape index (κ1) is 12.5. The number of rotatable bonds is 1. The van der Waals surface area contributed by atoms with E-state index in [9.17, 15) is 0 Å². The van der Waals surface area contributed by atoms with Crippen LogP contribution in [-0.2, 0) is 0 Å². The van der Waals surface area contributed by atoms with Crippen LogP contribution in [0.2, 0.25) is 9.36 Å². The molecule has 0 fully saturated rings. The van der Waals surface area contributed by atoms with Crippen LogP contribution in [0.4, 0.5) is 0 Å². The lowest BCUT2D eigenvalue weighted by molar-refractivity contribution is 1.34. The molecular weight excluding hydrogens is 303 g/mol. The number of nitrogens with zero attached hydrogens (tertiary/aromatic N) is 3. The quantitative estimate of drug-likeness (QED) is 0.855. The third kappa shape index (κ3) is 2.32. The molecule has 1 aromatic rings. The van der Waals surface area contributed by atoms with Crippen molar-refractivity contribution in [2.75, 3.05) is 0 Å². The highest BCUT2D eigenvalue weighted by Crippen LogP contribution is 2.36. The lowest BCUT2D eigenvalue weighted by atomic mass is 10.1. The molecule has 0 aromatic carbocycles. The van der Waals surface area contributed by atoms with Gasteiger partial charge in [0.05, 0.1) is 5.02 Å². The molecule has 2 N–H and O–H groups in total. The van der Waals surface area contributed by atoms with Crippen molar-refractivity contribution in [1.82, 2.24) is 4.37 Å². The third-order valence-corrected chi connectivity index (χ3v) is 4.15. The second-order valence-corrected chi connectivity index (χ2v) is 5.54. The second kappa shape index (κ2) is 4.85. The van der Waals surface area contributed by atoms with Crippen molar-refractivity contribution in [2.24, 2.45) is 10.7 Å². The van der Waals surface area contributed by atoms with Crippen molar-refractivity contribution in [1.29, 1.82) is 0 Å². The first-order valence-corrected chi connectivity index (χ1v) is 6.86. The van der Waals surface area contributed by atoms with Crippen LogP contribution in [0.3, 0.4) is 0 Å². The summed E-state index contributed by atoms with van der Waals surface area (Å²) in [6, 6.07) is 0. The lowest BCUT2D eigenvalue weighted by Gasteiger charge is -2.22. The van der Waals surface area contributed by atoms with Gasteiger partial charge in [0.15, 0.2) is 0 Å². The molecule has 19 heavy (non-hydrogen) atoms. The number of guanidine groups is 1. The highest BCUT2D eigenvalue weighted by molar-refractivity contribution is 7.11. The maximum Gasteiger partial charge on any atom is 0.133 e. The first-order valence-electron chi connectivity index (χ1n) is 5.33. The van der Waals surface area contributed by atoms with Crippen molar-refractivity contribution < 1.29 is 0 Å². The molecule has 0 spiro atoms. The van der Waals surface area contributed by atoms with Crippen LogP contribution in [0.25, 0.3) is 11.0 Å². The van der Waals surface area contributed by atoms with E-state index >= 15 is 0 Å². The van der Waals surface area contributed by atoms with Crippen molar-refractivity contribution in [3.63, 3.8) is 0 Å². The largest absolute Gasteiger partial charge is 0.453 e. The number of allylic oxidation sites excluding steroid dienone is 6. The normalized spacial score (nSPS) is 17.6. The summed E-state index contributed by atoms with van der Waals surface area (Å²) in [6.45, 7) is 0. The van der Waals surface area contributed by atoms with Crippen LogP contribution < -0.4 is 5.73 Å². The number of halogens is 2. The molecule has 1 aromatic heterocycles. The molecule has 0 saturated heterocycles. The van der Waals surface area contributed by atoms with Gasteiger partial charge in [-0.2, -0.15) is 4.37 Å². The van der Waals surface area contributed by atoms with Crippen LogP contribution in [0.5, 0.6) is 0 Å². The van der Waals surface area contributed by atoms with Gasteiger partial charge in [-0.1, -0.05) is 47.5 Å². The molecule has 7 heteroatoms. The van der Waals surface area contributed by atoms with Crippen LogP contribution in [0.15, 0.2) is 46.6 Å². The average Bonchev–Trinajstić information content (AvgIpc) is 3.01. The summed E-state index contributed by atoms with van der Waals surface area (Å²) in [5.74, 6) is 0.175. The van der Waals surface area contributed by atoms with Gasteiger partial charge in [-0.3, -0.25) is 0 Å². The Morgan fingerprint density at radius 2 is 1.95 bits per heavy atom. The molecule has 0 amide bonds. The predicted molar refractivity (Wildman–Crippen MR) is 80.4 cm³/mol. The lowest BCUT2D eigenvalue weighted by Crippen LogP contribution is -2.14. The number of aromatic nitrogens is 1. The van der Waals surface area contributed by atoms with E-state index in [4.69, 9.17) is 28.9 Å². The van der Waals surface area contributed by atoms with Crippen LogP contribution in [-0.4, -0.2) is 10.3 Å². The van der Waals surface area contributed by atoms with Crippen LogP contribution in [0.1, 0.15) is 5.69 Å². The van der Waals surface area contributed by atoms with Crippen molar-refractivity contribution >= 4 is 46.4 Å². The van der Waals surface area contributed by atoms with E-state index in [2.05, 4.69) is 14.7 Å². The fraction of sp³-hybridized carbons (Fsp3) is 0. The van der Waals surface area contributed by atoms with Gasteiger partial charge in [-0.15, -0.1) is 0 Å². The second-order valence-electron chi connectivity index (χ2n) is 3.79. The Balaban J connectivity index is 2.10. The minimum atomic E-state index is 0.175. The van der Waals surface area contributed by atoms with E-state index in [1.54, 1.807) is 6.08 Å². The summed E-state index contributed by atoms with van der Waals surface area (Å²) in [5, 5.41) is 4.59. The SMILES string of the molecule is NC1=NC(c2nsc(Cl)c2Cl)=CC(=C2C=CC=C2)[N-]1. The molecule has 0 unspecified atom stereocenters. The van der Waals surface area contributed by atoms with Gasteiger partial charge < -0.3 is 16.0 Å². The van der Waals surface area contributed by atoms with Gasteiger partial charge in [0.2, 0.25) is 0 Å². The summed E-state index contributed by atoms with van der Waals surface area (Å²) < 4.78 is 4.62. The Morgan fingerprint density at radius 3 is 2.58 bits per heavy atom. The summed E-state index contributed by atoms with van der Waals surface area (Å²) in [7, 11) is 0. The van der Waals surface area contributed by atoms with E-state index in [0.29, 0.717) is 20.7 Å². The van der Waals surface area contributed by atoms with Gasteiger partial charge in [-0.05, 0) is 23.2 Å². The number of hydrogen-bond donors (Lipinski definition) is 1. The van der Waals surface area contributed by atoms with E-state index in [1.165, 1.54) is 0 Å². The zero-order valence-corrected chi connectivity index (χ0v) is 11.8. The Hall–Kier alpha value is -1.56. The number of aliphatic imine (C=N–C) groups is 1. The molecule has 0 atom stereocenters. The standard InChI is InChI=1S/C12H7Cl2N4S/c13-9-10(18-19-11(9)14)8-5-7(16-12(15)17-8)6-3-1-2-4-6/h1-5H,(H2-,15,16,17)/q-1. The molecule has 1 aliphatic carbocycles. The predicted octanol–water partition coefficient (Wildman–Crippen LogP) is 3.87. The summed E-state index contributed by atoms with van der Waals surface area (Å²) in [5.41, 5.74) is 8.52. The number of hydrogen-bond acceptors (Lipinski definition) is 4. The molecule has 1 aliphatic heterocycles. The van der Waals surface area contributed by atoms with E-state index < -0.39 is 0 Å². The Bertz CT molecular complexity index is 681. The van der Waals surface area contributed by atoms with E-state index in [1.807, 2.05) is 24.3 Å². The molecule has 2 heterocycles. The molecule has 0 saturated carbocycles. The molecule has 2 aliphatic rings. The van der Waals surface area contributed by atoms with Crippen molar-refractivity contribution in [2.45, 2.75) is 0 Å². The van der Waals surface area contributed by atoms with Crippen molar-refractivity contribution in [3.8, 4) is 0 Å². The monoisotopic (exact) mass is 309 g/mol. The Morgan fingerprint density at radius 1 is 1.21 bits per heavy atom. The van der Waals surface area contributed by atoms with Gasteiger partial charge in [0.25, 0.3) is 0 Å². The molecule has 0 bridgehead atoms. The maximum atomic E-state index is 6.09. The highest BCUT2D eigenvalue weighted by atomic mass is 35.5. The Kier molecular flexibility index (Phi) is 3.18. The van der Waals surface area contributed by atoms with Gasteiger partial charge in [0, 0.05) is 17.4 Å². The number of nitrogens with two attached hydrogens (primary N) is 1. The summed E-state index contributed by atoms with van der Waals surface area (Å²) in [6.07, 6.45) is 9.55. The van der Waals surface area contributed by atoms with Crippen LogP contribution in [0, 0.1) is 0 Å². The third-order valence-electron chi connectivity index (χ3n) is 2.54.